The van der Waals surface area contributed by atoms with Crippen LogP contribution in [-0.2, 0) is 4.74 Å². The number of imidazole rings is 1. The Morgan fingerprint density at radius 1 is 1.37 bits per heavy atom. The van der Waals surface area contributed by atoms with E-state index in [0.717, 1.165) is 0 Å². The van der Waals surface area contributed by atoms with Crippen molar-refractivity contribution in [3.8, 4) is 0 Å². The Labute approximate surface area is 106 Å². The molecule has 9 heteroatoms. The van der Waals surface area contributed by atoms with Crippen molar-refractivity contribution in [1.82, 2.24) is 19.5 Å². The fraction of sp³-hybridized carbons (Fsp3) is 0.500. The van der Waals surface area contributed by atoms with Crippen molar-refractivity contribution < 1.29 is 20.1 Å². The molecule has 0 saturated carbocycles. The topological polar surface area (TPSA) is 133 Å². The van der Waals surface area contributed by atoms with Crippen molar-refractivity contribution in [1.29, 1.82) is 0 Å². The average Bonchev–Trinajstić information content (AvgIpc) is 2.94. The van der Waals surface area contributed by atoms with E-state index in [9.17, 15) is 15.0 Å². The van der Waals surface area contributed by atoms with Gasteiger partial charge in [-0.1, -0.05) is 0 Å². The van der Waals surface area contributed by atoms with E-state index < -0.39 is 36.7 Å². The summed E-state index contributed by atoms with van der Waals surface area (Å²) in [4.78, 5) is 21.8. The average molecular weight is 268 g/mol. The molecule has 0 spiro atoms. The molecular formula is C10H12N4O5. The number of aromatic amines is 1. The second-order valence-corrected chi connectivity index (χ2v) is 4.28. The van der Waals surface area contributed by atoms with Crippen LogP contribution in [0.25, 0.3) is 11.2 Å². The molecule has 19 heavy (non-hydrogen) atoms. The quantitative estimate of drug-likeness (QED) is 0.482. The Bertz CT molecular complexity index is 653. The maximum Gasteiger partial charge on any atom is 0.278 e. The van der Waals surface area contributed by atoms with Crippen molar-refractivity contribution in [3.05, 3.63) is 23.0 Å². The number of ether oxygens (including phenoxy) is 1. The number of nitrogens with one attached hydrogen (secondary N) is 1. The van der Waals surface area contributed by atoms with Gasteiger partial charge in [0.2, 0.25) is 0 Å². The van der Waals surface area contributed by atoms with Gasteiger partial charge in [0.15, 0.2) is 17.4 Å². The molecule has 2 aromatic heterocycles. The standard InChI is InChI=1S/C10H12N4O5/c15-1-4-6(16)7(17)10(19-4)14-3-13-5-8(14)11-2-12-9(5)18/h2-4,6-7,10,15-17H,1H2,(H,11,12,18)/t4-,6+,7+,10-/m0/s1. The minimum atomic E-state index is -1.24. The van der Waals surface area contributed by atoms with Crippen molar-refractivity contribution in [3.63, 3.8) is 0 Å². The zero-order valence-electron chi connectivity index (χ0n) is 9.67. The first-order chi connectivity index (χ1) is 9.13. The highest BCUT2D eigenvalue weighted by atomic mass is 16.6. The van der Waals surface area contributed by atoms with Gasteiger partial charge in [-0.2, -0.15) is 0 Å². The Morgan fingerprint density at radius 3 is 2.84 bits per heavy atom. The molecule has 3 rings (SSSR count). The zero-order chi connectivity index (χ0) is 13.6. The van der Waals surface area contributed by atoms with Crippen molar-refractivity contribution >= 4 is 11.2 Å². The van der Waals surface area contributed by atoms with Crippen LogP contribution < -0.4 is 5.56 Å². The minimum Gasteiger partial charge on any atom is -0.394 e. The molecule has 0 bridgehead atoms. The van der Waals surface area contributed by atoms with Gasteiger partial charge in [-0.25, -0.2) is 9.97 Å². The number of H-pyrrole nitrogens is 1. The summed E-state index contributed by atoms with van der Waals surface area (Å²) in [7, 11) is 0. The van der Waals surface area contributed by atoms with E-state index in [4.69, 9.17) is 9.84 Å². The molecule has 4 atom stereocenters. The first-order valence-corrected chi connectivity index (χ1v) is 5.66. The van der Waals surface area contributed by atoms with Gasteiger partial charge in [-0.15, -0.1) is 0 Å². The third-order valence-electron chi connectivity index (χ3n) is 3.16. The summed E-state index contributed by atoms with van der Waals surface area (Å²) in [6.07, 6.45) is -1.78. The molecule has 1 aliphatic rings. The molecular weight excluding hydrogens is 256 g/mol. The van der Waals surface area contributed by atoms with Crippen LogP contribution in [-0.4, -0.2) is 59.8 Å². The molecule has 0 aromatic carbocycles. The van der Waals surface area contributed by atoms with Gasteiger partial charge in [0, 0.05) is 0 Å². The molecule has 1 saturated heterocycles. The lowest BCUT2D eigenvalue weighted by atomic mass is 10.1. The van der Waals surface area contributed by atoms with Gasteiger partial charge in [-0.3, -0.25) is 9.36 Å². The lowest BCUT2D eigenvalue weighted by Crippen LogP contribution is -2.33. The maximum absolute atomic E-state index is 11.5. The largest absolute Gasteiger partial charge is 0.394 e. The molecule has 1 aliphatic heterocycles. The molecule has 102 valence electrons. The first-order valence-electron chi connectivity index (χ1n) is 5.66. The fourth-order valence-electron chi connectivity index (χ4n) is 2.16. The van der Waals surface area contributed by atoms with Crippen molar-refractivity contribution in [2.45, 2.75) is 24.5 Å². The third-order valence-corrected chi connectivity index (χ3v) is 3.16. The number of aliphatic hydroxyl groups excluding tert-OH is 3. The van der Waals surface area contributed by atoms with Gasteiger partial charge in [0.05, 0.1) is 19.3 Å². The number of fused-ring (bicyclic) bond motifs is 1. The van der Waals surface area contributed by atoms with E-state index >= 15 is 0 Å². The number of aromatic nitrogens is 4. The summed E-state index contributed by atoms with van der Waals surface area (Å²) in [5.74, 6) is 0. The van der Waals surface area contributed by atoms with E-state index in [1.54, 1.807) is 0 Å². The smallest absolute Gasteiger partial charge is 0.278 e. The Balaban J connectivity index is 2.06. The molecule has 0 aliphatic carbocycles. The Kier molecular flexibility index (Phi) is 2.82. The van der Waals surface area contributed by atoms with E-state index in [0.29, 0.717) is 0 Å². The van der Waals surface area contributed by atoms with E-state index in [1.807, 2.05) is 0 Å². The van der Waals surface area contributed by atoms with Crippen LogP contribution in [0.15, 0.2) is 17.4 Å². The SMILES string of the molecule is O=c1[nH]cnc2c1ncn2[C@H]1O[C@@H](CO)[C@@H](O)[C@H]1O. The predicted molar refractivity (Wildman–Crippen MR) is 61.2 cm³/mol. The fourth-order valence-corrected chi connectivity index (χ4v) is 2.16. The van der Waals surface area contributed by atoms with Crippen LogP contribution >= 0.6 is 0 Å². The zero-order valence-corrected chi connectivity index (χ0v) is 9.67. The molecule has 0 amide bonds. The van der Waals surface area contributed by atoms with Crippen LogP contribution in [0, 0.1) is 0 Å². The van der Waals surface area contributed by atoms with E-state index in [1.165, 1.54) is 17.2 Å². The van der Waals surface area contributed by atoms with Gasteiger partial charge in [0.1, 0.15) is 18.3 Å². The summed E-state index contributed by atoms with van der Waals surface area (Å²) in [6, 6.07) is 0. The van der Waals surface area contributed by atoms with Gasteiger partial charge in [0.25, 0.3) is 5.56 Å². The first kappa shape index (κ1) is 12.2. The highest BCUT2D eigenvalue weighted by Gasteiger charge is 2.43. The lowest BCUT2D eigenvalue weighted by molar-refractivity contribution is -0.0511. The van der Waals surface area contributed by atoms with Crippen molar-refractivity contribution in [2.24, 2.45) is 0 Å². The molecule has 4 N–H and O–H groups in total. The van der Waals surface area contributed by atoms with E-state index in [2.05, 4.69) is 15.0 Å². The third kappa shape index (κ3) is 1.75. The summed E-state index contributed by atoms with van der Waals surface area (Å²) < 4.78 is 6.70. The van der Waals surface area contributed by atoms with Crippen LogP contribution in [0.4, 0.5) is 0 Å². The summed E-state index contributed by atoms with van der Waals surface area (Å²) >= 11 is 0. The van der Waals surface area contributed by atoms with Crippen LogP contribution in [0.1, 0.15) is 6.23 Å². The Morgan fingerprint density at radius 2 is 2.16 bits per heavy atom. The second kappa shape index (κ2) is 4.38. The van der Waals surface area contributed by atoms with Crippen LogP contribution in [0.5, 0.6) is 0 Å². The highest BCUT2D eigenvalue weighted by Crippen LogP contribution is 2.30. The lowest BCUT2D eigenvalue weighted by Gasteiger charge is -2.16. The van der Waals surface area contributed by atoms with Gasteiger partial charge >= 0.3 is 0 Å². The molecule has 0 radical (unpaired) electrons. The molecule has 3 heterocycles. The summed E-state index contributed by atoms with van der Waals surface area (Å²) in [6.45, 7) is -0.421. The molecule has 2 aromatic rings. The van der Waals surface area contributed by atoms with Crippen LogP contribution in [0.2, 0.25) is 0 Å². The van der Waals surface area contributed by atoms with Crippen LogP contribution in [0.3, 0.4) is 0 Å². The number of nitrogens with zero attached hydrogens (tertiary/aromatic N) is 3. The monoisotopic (exact) mass is 268 g/mol. The summed E-state index contributed by atoms with van der Waals surface area (Å²) in [5.41, 5.74) is -0.0608. The van der Waals surface area contributed by atoms with E-state index in [-0.39, 0.29) is 11.2 Å². The summed E-state index contributed by atoms with van der Waals surface area (Å²) in [5, 5.41) is 28.6. The number of aliphatic hydroxyl groups is 3. The number of hydrogen-bond donors (Lipinski definition) is 4. The second-order valence-electron chi connectivity index (χ2n) is 4.28. The predicted octanol–water partition coefficient (Wildman–Crippen LogP) is -2.27. The van der Waals surface area contributed by atoms with Gasteiger partial charge < -0.3 is 25.0 Å². The van der Waals surface area contributed by atoms with Gasteiger partial charge in [-0.05, 0) is 0 Å². The number of hydrogen-bond acceptors (Lipinski definition) is 7. The minimum absolute atomic E-state index is 0.111. The molecule has 0 unspecified atom stereocenters. The number of rotatable bonds is 2. The Hall–Kier alpha value is -1.81. The molecule has 1 fully saturated rings. The maximum atomic E-state index is 11.5. The van der Waals surface area contributed by atoms with Crippen molar-refractivity contribution in [2.75, 3.05) is 6.61 Å². The molecule has 9 nitrogen and oxygen atoms in total. The highest BCUT2D eigenvalue weighted by molar-refractivity contribution is 5.68. The normalized spacial score (nSPS) is 31.1.